The number of aliphatic hydroxyl groups is 2. The minimum Gasteiger partial charge on any atom is -0.479 e. The van der Waals surface area contributed by atoms with Crippen LogP contribution in [0.25, 0.3) is 0 Å². The first-order chi connectivity index (χ1) is 20.1. The van der Waals surface area contributed by atoms with Crippen LogP contribution in [0.3, 0.4) is 0 Å². The molecule has 4 N–H and O–H groups in total. The maximum atomic E-state index is 12.6. The van der Waals surface area contributed by atoms with Crippen molar-refractivity contribution < 1.29 is 49.0 Å². The number of aliphatic hydroxyl groups excluding tert-OH is 1. The summed E-state index contributed by atoms with van der Waals surface area (Å²) in [5.74, 6) is -2.23. The van der Waals surface area contributed by atoms with Crippen molar-refractivity contribution in [2.45, 2.75) is 122 Å². The highest BCUT2D eigenvalue weighted by molar-refractivity contribution is 5.91. The second-order valence-electron chi connectivity index (χ2n) is 15.3. The van der Waals surface area contributed by atoms with Crippen molar-refractivity contribution in [3.63, 3.8) is 0 Å². The highest BCUT2D eigenvalue weighted by Crippen LogP contribution is 2.70. The van der Waals surface area contributed by atoms with Gasteiger partial charge in [-0.05, 0) is 85.4 Å². The predicted octanol–water partition coefficient (Wildman–Crippen LogP) is 3.92. The molecule has 0 amide bonds. The highest BCUT2D eigenvalue weighted by atomic mass is 16.7. The van der Waals surface area contributed by atoms with Gasteiger partial charge in [0.1, 0.15) is 6.10 Å². The molecule has 0 aromatic rings. The van der Waals surface area contributed by atoms with E-state index in [0.717, 1.165) is 45.1 Å². The summed E-state index contributed by atoms with van der Waals surface area (Å²) in [5, 5.41) is 38.3. The minimum atomic E-state index is -3.17. The normalized spacial score (nSPS) is 47.3. The fourth-order valence-corrected chi connectivity index (χ4v) is 10.7. The standard InChI is InChI=1S/C33H48O10/c1-17-7-12-33(41-16-17)18(2)26-24(43-33)14-23-21-6-5-19-13-20(8-10-30(19,3)22(21)9-11-31(23,26)4)42-25(34)15-32(40,29(38)39)27(35)28(36)37/h5,17-18,20-24,26-27,35,40H,6-16H2,1-4H3,(H,36,37)(H,38,39)/t17-,18+,20+,21-,22+,23+,24+,26+,27?,30+,31+,32?,33-/m1/s1. The molecule has 0 bridgehead atoms. The molecule has 2 unspecified atom stereocenters. The number of carbonyl (C=O) groups excluding carboxylic acids is 1. The number of carboxylic acid groups (broad SMARTS) is 2. The van der Waals surface area contributed by atoms with E-state index in [4.69, 9.17) is 19.3 Å². The molecule has 10 heteroatoms. The van der Waals surface area contributed by atoms with Crippen molar-refractivity contribution >= 4 is 17.9 Å². The molecule has 6 rings (SSSR count). The lowest BCUT2D eigenvalue weighted by atomic mass is 9.47. The first-order valence-corrected chi connectivity index (χ1v) is 16.2. The van der Waals surface area contributed by atoms with Crippen LogP contribution in [-0.2, 0) is 28.6 Å². The van der Waals surface area contributed by atoms with Gasteiger partial charge in [-0.25, -0.2) is 9.59 Å². The maximum Gasteiger partial charge on any atom is 0.339 e. The summed E-state index contributed by atoms with van der Waals surface area (Å²) in [4.78, 5) is 35.3. The van der Waals surface area contributed by atoms with Gasteiger partial charge in [0.25, 0.3) is 0 Å². The summed E-state index contributed by atoms with van der Waals surface area (Å²) in [6.45, 7) is 10.3. The van der Waals surface area contributed by atoms with Crippen LogP contribution in [-0.4, -0.2) is 74.6 Å². The molecule has 1 spiro atoms. The van der Waals surface area contributed by atoms with Gasteiger partial charge in [-0.3, -0.25) is 4.79 Å². The second kappa shape index (κ2) is 10.5. The van der Waals surface area contributed by atoms with Crippen LogP contribution in [0.15, 0.2) is 11.6 Å². The van der Waals surface area contributed by atoms with Crippen LogP contribution in [0.1, 0.15) is 91.9 Å². The van der Waals surface area contributed by atoms with Crippen molar-refractivity contribution in [1.82, 2.24) is 0 Å². The largest absolute Gasteiger partial charge is 0.479 e. The smallest absolute Gasteiger partial charge is 0.339 e. The van der Waals surface area contributed by atoms with Gasteiger partial charge in [-0.2, -0.15) is 0 Å². The quantitative estimate of drug-likeness (QED) is 0.259. The number of aliphatic carboxylic acids is 2. The Kier molecular flexibility index (Phi) is 7.59. The molecule has 240 valence electrons. The van der Waals surface area contributed by atoms with Crippen LogP contribution in [0.2, 0.25) is 0 Å². The molecule has 6 aliphatic rings. The molecule has 13 atom stereocenters. The molecule has 0 radical (unpaired) electrons. The van der Waals surface area contributed by atoms with Gasteiger partial charge < -0.3 is 34.6 Å². The monoisotopic (exact) mass is 604 g/mol. The van der Waals surface area contributed by atoms with Crippen LogP contribution in [0.5, 0.6) is 0 Å². The Morgan fingerprint density at radius 1 is 1.09 bits per heavy atom. The van der Waals surface area contributed by atoms with E-state index >= 15 is 0 Å². The molecule has 3 saturated carbocycles. The fourth-order valence-electron chi connectivity index (χ4n) is 10.7. The zero-order chi connectivity index (χ0) is 31.1. The molecule has 0 aromatic carbocycles. The molecular formula is C33H48O10. The summed E-state index contributed by atoms with van der Waals surface area (Å²) >= 11 is 0. The number of allylic oxidation sites excluding steroid dienone is 1. The molecule has 2 heterocycles. The van der Waals surface area contributed by atoms with Gasteiger partial charge in [0.15, 0.2) is 11.9 Å². The van der Waals surface area contributed by atoms with Gasteiger partial charge in [0.2, 0.25) is 5.60 Å². The van der Waals surface area contributed by atoms with Crippen LogP contribution >= 0.6 is 0 Å². The average molecular weight is 605 g/mol. The van der Waals surface area contributed by atoms with Crippen LogP contribution < -0.4 is 0 Å². The van der Waals surface area contributed by atoms with Gasteiger partial charge in [0, 0.05) is 18.8 Å². The molecular weight excluding hydrogens is 556 g/mol. The van der Waals surface area contributed by atoms with Crippen molar-refractivity contribution in [3.05, 3.63) is 11.6 Å². The molecule has 0 aromatic heterocycles. The van der Waals surface area contributed by atoms with Crippen LogP contribution in [0, 0.1) is 46.3 Å². The van der Waals surface area contributed by atoms with Crippen molar-refractivity contribution in [3.8, 4) is 0 Å². The highest BCUT2D eigenvalue weighted by Gasteiger charge is 2.68. The number of carbonyl (C=O) groups is 3. The summed E-state index contributed by atoms with van der Waals surface area (Å²) in [6.07, 6.45) is 6.77. The molecule has 43 heavy (non-hydrogen) atoms. The van der Waals surface area contributed by atoms with Gasteiger partial charge in [0.05, 0.1) is 19.1 Å². The molecule has 2 aliphatic heterocycles. The lowest BCUT2D eigenvalue weighted by Gasteiger charge is -2.58. The van der Waals surface area contributed by atoms with Crippen molar-refractivity contribution in [1.29, 1.82) is 0 Å². The number of hydrogen-bond acceptors (Lipinski definition) is 8. The van der Waals surface area contributed by atoms with E-state index in [9.17, 15) is 29.7 Å². The van der Waals surface area contributed by atoms with E-state index < -0.39 is 47.9 Å². The number of esters is 1. The maximum absolute atomic E-state index is 12.6. The lowest BCUT2D eigenvalue weighted by molar-refractivity contribution is -0.272. The van der Waals surface area contributed by atoms with E-state index in [1.54, 1.807) is 0 Å². The van der Waals surface area contributed by atoms with Crippen molar-refractivity contribution in [2.24, 2.45) is 46.3 Å². The van der Waals surface area contributed by atoms with E-state index in [1.165, 1.54) is 12.0 Å². The summed E-state index contributed by atoms with van der Waals surface area (Å²) in [6, 6.07) is 0. The molecule has 10 nitrogen and oxygen atoms in total. The zero-order valence-electron chi connectivity index (χ0n) is 25.8. The lowest BCUT2D eigenvalue weighted by Crippen LogP contribution is -2.55. The average Bonchev–Trinajstić information content (AvgIpc) is 3.39. The Labute approximate surface area is 253 Å². The third-order valence-electron chi connectivity index (χ3n) is 13.1. The number of hydrogen-bond donors (Lipinski definition) is 4. The van der Waals surface area contributed by atoms with Crippen LogP contribution in [0.4, 0.5) is 0 Å². The second-order valence-corrected chi connectivity index (χ2v) is 15.3. The van der Waals surface area contributed by atoms with E-state index in [0.29, 0.717) is 48.3 Å². The fraction of sp³-hybridized carbons (Fsp3) is 0.848. The van der Waals surface area contributed by atoms with E-state index in [1.807, 2.05) is 0 Å². The van der Waals surface area contributed by atoms with Gasteiger partial charge in [-0.1, -0.05) is 39.3 Å². The van der Waals surface area contributed by atoms with Gasteiger partial charge >= 0.3 is 17.9 Å². The molecule has 5 fully saturated rings. The third-order valence-corrected chi connectivity index (χ3v) is 13.1. The number of carboxylic acids is 2. The Balaban J connectivity index is 1.13. The summed E-state index contributed by atoms with van der Waals surface area (Å²) in [7, 11) is 0. The molecule has 4 aliphatic carbocycles. The van der Waals surface area contributed by atoms with E-state index in [-0.39, 0.29) is 16.9 Å². The third kappa shape index (κ3) is 4.69. The predicted molar refractivity (Wildman–Crippen MR) is 152 cm³/mol. The number of ether oxygens (including phenoxy) is 3. The van der Waals surface area contributed by atoms with E-state index in [2.05, 4.69) is 33.8 Å². The Hall–Kier alpha value is -2.01. The number of fused-ring (bicyclic) bond motifs is 7. The zero-order valence-corrected chi connectivity index (χ0v) is 25.8. The Morgan fingerprint density at radius 2 is 1.84 bits per heavy atom. The summed E-state index contributed by atoms with van der Waals surface area (Å²) in [5.41, 5.74) is -1.69. The first kappa shape index (κ1) is 31.0. The van der Waals surface area contributed by atoms with Crippen molar-refractivity contribution in [2.75, 3.05) is 6.61 Å². The SMILES string of the molecule is C[C@@H]1CC[C@@]2(OC1)O[C@H]1C[C@H]3[C@@H]4CC=C5C[C@@H](OC(=O)CC(O)(C(=O)O)C(O)C(=O)O)CC[C@]5(C)[C@H]4CC[C@]3(C)[C@H]1[C@@H]2C. The Bertz CT molecular complexity index is 1190. The first-order valence-electron chi connectivity index (χ1n) is 16.2. The number of rotatable bonds is 6. The Morgan fingerprint density at radius 3 is 2.49 bits per heavy atom. The molecule has 2 saturated heterocycles. The minimum absolute atomic E-state index is 0.0114. The summed E-state index contributed by atoms with van der Waals surface area (Å²) < 4.78 is 18.9. The van der Waals surface area contributed by atoms with Gasteiger partial charge in [-0.15, -0.1) is 0 Å². The topological polar surface area (TPSA) is 160 Å².